The second-order valence-corrected chi connectivity index (χ2v) is 5.88. The summed E-state index contributed by atoms with van der Waals surface area (Å²) in [6.45, 7) is 1.64. The maximum absolute atomic E-state index is 13.2. The predicted octanol–water partition coefficient (Wildman–Crippen LogP) is 4.94. The van der Waals surface area contributed by atoms with E-state index in [4.69, 9.17) is 0 Å². The van der Waals surface area contributed by atoms with Gasteiger partial charge >= 0.3 is 6.18 Å². The van der Waals surface area contributed by atoms with E-state index in [0.717, 1.165) is 18.2 Å². The molecule has 3 aromatic rings. The van der Waals surface area contributed by atoms with Crippen LogP contribution in [0.1, 0.15) is 21.7 Å². The predicted molar refractivity (Wildman–Crippen MR) is 95.8 cm³/mol. The van der Waals surface area contributed by atoms with Gasteiger partial charge in [-0.3, -0.25) is 4.79 Å². The highest BCUT2D eigenvalue weighted by Crippen LogP contribution is 2.30. The smallest absolute Gasteiger partial charge is 0.324 e. The van der Waals surface area contributed by atoms with E-state index in [9.17, 15) is 22.4 Å². The molecule has 0 aliphatic rings. The number of nitrogens with one attached hydrogen (secondary N) is 2. The molecule has 0 fully saturated rings. The summed E-state index contributed by atoms with van der Waals surface area (Å²) in [5, 5.41) is 5.28. The van der Waals surface area contributed by atoms with Gasteiger partial charge in [-0.15, -0.1) is 0 Å². The van der Waals surface area contributed by atoms with Gasteiger partial charge in [-0.2, -0.15) is 13.2 Å². The molecule has 9 heteroatoms. The van der Waals surface area contributed by atoms with Gasteiger partial charge in [-0.05, 0) is 55.5 Å². The number of hydrogen-bond acceptors (Lipinski definition) is 4. The summed E-state index contributed by atoms with van der Waals surface area (Å²) in [6.07, 6.45) is -4.43. The molecule has 0 atom stereocenters. The third-order valence-corrected chi connectivity index (χ3v) is 3.64. The normalized spacial score (nSPS) is 11.2. The second kappa shape index (κ2) is 7.63. The largest absolute Gasteiger partial charge is 0.416 e. The van der Waals surface area contributed by atoms with Gasteiger partial charge in [0.25, 0.3) is 5.91 Å². The van der Waals surface area contributed by atoms with Gasteiger partial charge in [0.2, 0.25) is 5.95 Å². The Morgan fingerprint density at radius 2 is 1.68 bits per heavy atom. The average Bonchev–Trinajstić information content (AvgIpc) is 2.61. The van der Waals surface area contributed by atoms with E-state index in [1.54, 1.807) is 6.92 Å². The molecule has 0 saturated carbocycles. The van der Waals surface area contributed by atoms with Crippen LogP contribution in [0.15, 0.2) is 54.6 Å². The van der Waals surface area contributed by atoms with Crippen molar-refractivity contribution >= 4 is 23.2 Å². The Hall–Kier alpha value is -3.49. The number of carbonyl (C=O) groups excluding carboxylic acids is 1. The van der Waals surface area contributed by atoms with Gasteiger partial charge in [0.1, 0.15) is 11.5 Å². The van der Waals surface area contributed by atoms with Crippen LogP contribution < -0.4 is 10.6 Å². The third-order valence-electron chi connectivity index (χ3n) is 3.64. The van der Waals surface area contributed by atoms with Crippen molar-refractivity contribution in [1.29, 1.82) is 0 Å². The van der Waals surface area contributed by atoms with Crippen molar-refractivity contribution in [1.82, 2.24) is 9.97 Å². The first-order valence-corrected chi connectivity index (χ1v) is 8.07. The van der Waals surface area contributed by atoms with Gasteiger partial charge < -0.3 is 10.6 Å². The van der Waals surface area contributed by atoms with E-state index in [0.29, 0.717) is 11.4 Å². The van der Waals surface area contributed by atoms with Crippen molar-refractivity contribution in [3.05, 3.63) is 77.4 Å². The fourth-order valence-electron chi connectivity index (χ4n) is 2.37. The van der Waals surface area contributed by atoms with Crippen molar-refractivity contribution < 1.29 is 22.4 Å². The molecule has 28 heavy (non-hydrogen) atoms. The minimum absolute atomic E-state index is 0.0196. The first-order chi connectivity index (χ1) is 13.2. The quantitative estimate of drug-likeness (QED) is 0.620. The summed E-state index contributed by atoms with van der Waals surface area (Å²) in [5.41, 5.74) is 0.298. The lowest BCUT2D eigenvalue weighted by Crippen LogP contribution is -2.15. The van der Waals surface area contributed by atoms with Crippen LogP contribution in [0.4, 0.5) is 34.9 Å². The zero-order valence-electron chi connectivity index (χ0n) is 14.5. The Labute approximate surface area is 157 Å². The molecule has 1 amide bonds. The zero-order valence-corrected chi connectivity index (χ0v) is 14.5. The highest BCUT2D eigenvalue weighted by Gasteiger charge is 2.29. The molecule has 2 aromatic carbocycles. The molecule has 144 valence electrons. The summed E-state index contributed by atoms with van der Waals surface area (Å²) >= 11 is 0. The first kappa shape index (κ1) is 19.3. The van der Waals surface area contributed by atoms with Crippen LogP contribution in [-0.2, 0) is 6.18 Å². The molecule has 0 radical (unpaired) electrons. The molecule has 2 N–H and O–H groups in total. The van der Waals surface area contributed by atoms with Crippen molar-refractivity contribution in [2.24, 2.45) is 0 Å². The van der Waals surface area contributed by atoms with E-state index in [-0.39, 0.29) is 17.3 Å². The minimum Gasteiger partial charge on any atom is -0.324 e. The summed E-state index contributed by atoms with van der Waals surface area (Å²) in [4.78, 5) is 20.5. The van der Waals surface area contributed by atoms with Gasteiger partial charge in [0, 0.05) is 17.1 Å². The van der Waals surface area contributed by atoms with Gasteiger partial charge in [-0.1, -0.05) is 6.07 Å². The molecule has 0 spiro atoms. The molecule has 0 bridgehead atoms. The number of anilines is 3. The number of amides is 1. The number of aryl methyl sites for hydroxylation is 1. The fourth-order valence-corrected chi connectivity index (χ4v) is 2.37. The molecular weight excluding hydrogens is 376 g/mol. The van der Waals surface area contributed by atoms with Crippen molar-refractivity contribution in [3.63, 3.8) is 0 Å². The third kappa shape index (κ3) is 4.81. The van der Waals surface area contributed by atoms with Crippen LogP contribution in [0.25, 0.3) is 0 Å². The van der Waals surface area contributed by atoms with Crippen LogP contribution in [-0.4, -0.2) is 15.9 Å². The van der Waals surface area contributed by atoms with Gasteiger partial charge in [0.05, 0.1) is 5.56 Å². The van der Waals surface area contributed by atoms with E-state index in [1.807, 2.05) is 0 Å². The van der Waals surface area contributed by atoms with Crippen molar-refractivity contribution in [2.45, 2.75) is 13.1 Å². The van der Waals surface area contributed by atoms with E-state index in [1.165, 1.54) is 36.4 Å². The minimum atomic E-state index is -4.43. The molecular formula is C19H14F4N4O. The number of benzene rings is 2. The number of hydrogen-bond donors (Lipinski definition) is 2. The maximum Gasteiger partial charge on any atom is 0.416 e. The van der Waals surface area contributed by atoms with Crippen LogP contribution in [0.3, 0.4) is 0 Å². The maximum atomic E-state index is 13.2. The number of rotatable bonds is 4. The van der Waals surface area contributed by atoms with E-state index in [2.05, 4.69) is 20.6 Å². The molecule has 0 aliphatic heterocycles. The Kier molecular flexibility index (Phi) is 5.25. The Morgan fingerprint density at radius 3 is 2.32 bits per heavy atom. The molecule has 3 rings (SSSR count). The summed E-state index contributed by atoms with van der Waals surface area (Å²) in [7, 11) is 0. The standard InChI is InChI=1S/C19H14F4N4O/c1-11-9-16(17(28)25-15-4-2-3-13(20)10-15)27-18(24-11)26-14-7-5-12(6-8-14)19(21,22)23/h2-10H,1H3,(H,25,28)(H,24,26,27). The Bertz CT molecular complexity index is 1000. The number of aromatic nitrogens is 2. The zero-order chi connectivity index (χ0) is 20.3. The monoisotopic (exact) mass is 390 g/mol. The lowest BCUT2D eigenvalue weighted by atomic mass is 10.2. The first-order valence-electron chi connectivity index (χ1n) is 8.07. The topological polar surface area (TPSA) is 66.9 Å². The lowest BCUT2D eigenvalue weighted by molar-refractivity contribution is -0.137. The van der Waals surface area contributed by atoms with Gasteiger partial charge in [0.15, 0.2) is 0 Å². The van der Waals surface area contributed by atoms with Crippen LogP contribution in [0, 0.1) is 12.7 Å². The van der Waals surface area contributed by atoms with Crippen LogP contribution in [0.5, 0.6) is 0 Å². The molecule has 0 aliphatic carbocycles. The fraction of sp³-hybridized carbons (Fsp3) is 0.105. The van der Waals surface area contributed by atoms with Crippen molar-refractivity contribution in [3.8, 4) is 0 Å². The summed E-state index contributed by atoms with van der Waals surface area (Å²) < 4.78 is 51.1. The number of alkyl halides is 3. The van der Waals surface area contributed by atoms with Crippen molar-refractivity contribution in [2.75, 3.05) is 10.6 Å². The lowest BCUT2D eigenvalue weighted by Gasteiger charge is -2.10. The molecule has 1 heterocycles. The second-order valence-electron chi connectivity index (χ2n) is 5.88. The molecule has 0 unspecified atom stereocenters. The average molecular weight is 390 g/mol. The van der Waals surface area contributed by atoms with Crippen LogP contribution >= 0.6 is 0 Å². The SMILES string of the molecule is Cc1cc(C(=O)Nc2cccc(F)c2)nc(Nc2ccc(C(F)(F)F)cc2)n1. The van der Waals surface area contributed by atoms with E-state index < -0.39 is 23.5 Å². The molecule has 1 aromatic heterocycles. The Balaban J connectivity index is 1.78. The Morgan fingerprint density at radius 1 is 0.964 bits per heavy atom. The summed E-state index contributed by atoms with van der Waals surface area (Å²) in [5.74, 6) is -1.03. The number of carbonyl (C=O) groups is 1. The van der Waals surface area contributed by atoms with Crippen LogP contribution in [0.2, 0.25) is 0 Å². The number of nitrogens with zero attached hydrogens (tertiary/aromatic N) is 2. The highest BCUT2D eigenvalue weighted by molar-refractivity contribution is 6.03. The summed E-state index contributed by atoms with van der Waals surface area (Å²) in [6, 6.07) is 11.1. The van der Waals surface area contributed by atoms with Gasteiger partial charge in [-0.25, -0.2) is 14.4 Å². The molecule has 0 saturated heterocycles. The van der Waals surface area contributed by atoms with E-state index >= 15 is 0 Å². The number of halogens is 4. The molecule has 5 nitrogen and oxygen atoms in total. The highest BCUT2D eigenvalue weighted by atomic mass is 19.4.